The lowest BCUT2D eigenvalue weighted by atomic mass is 9.81. The molecule has 128 valence electrons. The van der Waals surface area contributed by atoms with Crippen molar-refractivity contribution in [2.24, 2.45) is 23.7 Å². The van der Waals surface area contributed by atoms with Crippen molar-refractivity contribution in [3.63, 3.8) is 0 Å². The monoisotopic (exact) mass is 465 g/mol. The van der Waals surface area contributed by atoms with E-state index in [1.54, 1.807) is 0 Å². The second-order valence-electron chi connectivity index (χ2n) is 6.56. The fourth-order valence-corrected chi connectivity index (χ4v) is 6.30. The van der Waals surface area contributed by atoms with Gasteiger partial charge < -0.3 is 0 Å². The Labute approximate surface area is 152 Å². The van der Waals surface area contributed by atoms with E-state index in [2.05, 4.69) is 31.9 Å². The number of hydrogen-bond donors (Lipinski definition) is 0. The number of nitrogens with zero attached hydrogens (tertiary/aromatic N) is 1. The Morgan fingerprint density at radius 1 is 1.00 bits per heavy atom. The molecule has 1 aromatic rings. The van der Waals surface area contributed by atoms with Gasteiger partial charge in [-0.2, -0.15) is 13.2 Å². The fourth-order valence-electron chi connectivity index (χ4n) is 4.42. The van der Waals surface area contributed by atoms with Crippen molar-refractivity contribution in [2.75, 3.05) is 4.90 Å². The van der Waals surface area contributed by atoms with Crippen LogP contribution in [-0.2, 0) is 15.8 Å². The molecule has 0 aromatic heterocycles. The number of amides is 2. The summed E-state index contributed by atoms with van der Waals surface area (Å²) in [6, 6.07) is 4.41. The van der Waals surface area contributed by atoms with Gasteiger partial charge in [-0.15, -0.1) is 0 Å². The Balaban J connectivity index is 1.72. The number of carbonyl (C=O) groups excluding carboxylic acids is 2. The first-order chi connectivity index (χ1) is 11.2. The van der Waals surface area contributed by atoms with Gasteiger partial charge in [-0.3, -0.25) is 14.5 Å². The highest BCUT2D eigenvalue weighted by Crippen LogP contribution is 2.60. The summed E-state index contributed by atoms with van der Waals surface area (Å²) in [7, 11) is 0. The summed E-state index contributed by atoms with van der Waals surface area (Å²) in [4.78, 5) is 26.7. The maximum atomic E-state index is 12.9. The van der Waals surface area contributed by atoms with E-state index in [0.29, 0.717) is 0 Å². The van der Waals surface area contributed by atoms with Crippen LogP contribution < -0.4 is 4.90 Å². The molecular weight excluding hydrogens is 455 g/mol. The zero-order valence-electron chi connectivity index (χ0n) is 12.1. The maximum absolute atomic E-state index is 12.9. The van der Waals surface area contributed by atoms with E-state index in [9.17, 15) is 22.8 Å². The van der Waals surface area contributed by atoms with E-state index in [-0.39, 0.29) is 39.0 Å². The molecule has 1 aliphatic heterocycles. The SMILES string of the molecule is O=C1[C@H]2[C@@H]3C[C@H]([C@@H](Br)[C@H]3Br)[C@@H]2C(=O)N1c1cccc(C(F)(F)F)c1. The first-order valence-electron chi connectivity index (χ1n) is 7.55. The molecule has 2 saturated carbocycles. The molecule has 24 heavy (non-hydrogen) atoms. The predicted octanol–water partition coefficient (Wildman–Crippen LogP) is 3.99. The Morgan fingerprint density at radius 2 is 1.54 bits per heavy atom. The van der Waals surface area contributed by atoms with E-state index in [1.165, 1.54) is 12.1 Å². The van der Waals surface area contributed by atoms with Gasteiger partial charge in [0.15, 0.2) is 0 Å². The zero-order chi connectivity index (χ0) is 17.4. The highest BCUT2D eigenvalue weighted by molar-refractivity contribution is 9.12. The van der Waals surface area contributed by atoms with Crippen LogP contribution in [0.3, 0.4) is 0 Å². The summed E-state index contributed by atoms with van der Waals surface area (Å²) in [5.74, 6) is -1.54. The molecular formula is C16H12Br2F3NO2. The van der Waals surface area contributed by atoms with Gasteiger partial charge >= 0.3 is 6.18 Å². The summed E-state index contributed by atoms with van der Waals surface area (Å²) in [5.41, 5.74) is -0.858. The molecule has 1 heterocycles. The minimum atomic E-state index is -4.52. The van der Waals surface area contributed by atoms with E-state index >= 15 is 0 Å². The number of imide groups is 1. The lowest BCUT2D eigenvalue weighted by molar-refractivity contribution is -0.137. The number of alkyl halides is 5. The third-order valence-corrected chi connectivity index (χ3v) is 8.63. The summed E-state index contributed by atoms with van der Waals surface area (Å²) in [5, 5.41) is 0. The van der Waals surface area contributed by atoms with Crippen molar-refractivity contribution >= 4 is 49.4 Å². The fraction of sp³-hybridized carbons (Fsp3) is 0.500. The van der Waals surface area contributed by atoms with Crippen LogP contribution >= 0.6 is 31.9 Å². The largest absolute Gasteiger partial charge is 0.416 e. The predicted molar refractivity (Wildman–Crippen MR) is 87.9 cm³/mol. The zero-order valence-corrected chi connectivity index (χ0v) is 15.3. The van der Waals surface area contributed by atoms with Crippen LogP contribution in [0, 0.1) is 23.7 Å². The lowest BCUT2D eigenvalue weighted by Crippen LogP contribution is -2.37. The Hall–Kier alpha value is -0.890. The van der Waals surface area contributed by atoms with Crippen molar-refractivity contribution in [3.05, 3.63) is 29.8 Å². The van der Waals surface area contributed by atoms with Gasteiger partial charge in [0.1, 0.15) is 0 Å². The molecule has 0 N–H and O–H groups in total. The molecule has 8 heteroatoms. The normalized spacial score (nSPS) is 38.1. The first kappa shape index (κ1) is 16.6. The molecule has 1 aromatic carbocycles. The Morgan fingerprint density at radius 3 is 2.04 bits per heavy atom. The van der Waals surface area contributed by atoms with Crippen LogP contribution in [0.25, 0.3) is 0 Å². The number of carbonyl (C=O) groups is 2. The molecule has 2 amide bonds. The smallest absolute Gasteiger partial charge is 0.274 e. The van der Waals surface area contributed by atoms with Crippen molar-refractivity contribution in [1.82, 2.24) is 0 Å². The molecule has 0 radical (unpaired) electrons. The third-order valence-electron chi connectivity index (χ3n) is 5.42. The van der Waals surface area contributed by atoms with Crippen LogP contribution in [0.15, 0.2) is 24.3 Å². The molecule has 3 nitrogen and oxygen atoms in total. The van der Waals surface area contributed by atoms with Crippen molar-refractivity contribution in [1.29, 1.82) is 0 Å². The maximum Gasteiger partial charge on any atom is 0.416 e. The quantitative estimate of drug-likeness (QED) is 0.463. The molecule has 3 aliphatic rings. The van der Waals surface area contributed by atoms with Gasteiger partial charge in [0.05, 0.1) is 23.1 Å². The van der Waals surface area contributed by atoms with Gasteiger partial charge in [0, 0.05) is 9.65 Å². The Bertz CT molecular complexity index is 706. The van der Waals surface area contributed by atoms with Gasteiger partial charge in [-0.05, 0) is 36.5 Å². The molecule has 4 rings (SSSR count). The molecule has 0 unspecified atom stereocenters. The summed E-state index contributed by atoms with van der Waals surface area (Å²) < 4.78 is 38.7. The summed E-state index contributed by atoms with van der Waals surface area (Å²) in [6.07, 6.45) is -3.73. The van der Waals surface area contributed by atoms with E-state index in [1.807, 2.05) is 0 Å². The van der Waals surface area contributed by atoms with E-state index < -0.39 is 23.6 Å². The van der Waals surface area contributed by atoms with E-state index in [4.69, 9.17) is 0 Å². The van der Waals surface area contributed by atoms with Crippen LogP contribution in [0.4, 0.5) is 18.9 Å². The standard InChI is InChI=1S/C16H12Br2F3NO2/c17-12-8-5-9(13(12)18)11-10(8)14(23)22(15(11)24)7-3-1-2-6(4-7)16(19,20)21/h1-4,8-13H,5H2/t8-,9-,10-,11-,12-,13+/m0/s1. The summed E-state index contributed by atoms with van der Waals surface area (Å²) >= 11 is 7.16. The molecule has 2 aliphatic carbocycles. The third kappa shape index (κ3) is 2.14. The van der Waals surface area contributed by atoms with Crippen molar-refractivity contribution in [2.45, 2.75) is 22.3 Å². The molecule has 6 atom stereocenters. The number of anilines is 1. The topological polar surface area (TPSA) is 37.4 Å². The van der Waals surface area contributed by atoms with Crippen molar-refractivity contribution < 1.29 is 22.8 Å². The lowest BCUT2D eigenvalue weighted by Gasteiger charge is -2.28. The minimum Gasteiger partial charge on any atom is -0.274 e. The van der Waals surface area contributed by atoms with Gasteiger partial charge in [-0.25, -0.2) is 0 Å². The van der Waals surface area contributed by atoms with Crippen LogP contribution in [-0.4, -0.2) is 21.5 Å². The molecule has 0 spiro atoms. The molecule has 2 bridgehead atoms. The number of rotatable bonds is 1. The highest BCUT2D eigenvalue weighted by atomic mass is 79.9. The number of fused-ring (bicyclic) bond motifs is 5. The van der Waals surface area contributed by atoms with E-state index in [0.717, 1.165) is 23.5 Å². The second-order valence-corrected chi connectivity index (χ2v) is 8.68. The van der Waals surface area contributed by atoms with Crippen LogP contribution in [0.2, 0.25) is 0 Å². The van der Waals surface area contributed by atoms with Crippen LogP contribution in [0.5, 0.6) is 0 Å². The second kappa shape index (κ2) is 5.30. The number of halogens is 5. The number of hydrogen-bond acceptors (Lipinski definition) is 2. The number of benzene rings is 1. The van der Waals surface area contributed by atoms with Crippen LogP contribution in [0.1, 0.15) is 12.0 Å². The average molecular weight is 467 g/mol. The Kier molecular flexibility index (Phi) is 3.66. The van der Waals surface area contributed by atoms with Gasteiger partial charge in [-0.1, -0.05) is 37.9 Å². The van der Waals surface area contributed by atoms with Gasteiger partial charge in [0.2, 0.25) is 11.8 Å². The first-order valence-corrected chi connectivity index (χ1v) is 9.38. The molecule has 1 saturated heterocycles. The summed E-state index contributed by atoms with van der Waals surface area (Å²) in [6.45, 7) is 0. The minimum absolute atomic E-state index is 0.00544. The van der Waals surface area contributed by atoms with Gasteiger partial charge in [0.25, 0.3) is 0 Å². The highest BCUT2D eigenvalue weighted by Gasteiger charge is 2.66. The van der Waals surface area contributed by atoms with Crippen molar-refractivity contribution in [3.8, 4) is 0 Å². The average Bonchev–Trinajstić information content (AvgIpc) is 3.12. The molecule has 3 fully saturated rings.